The summed E-state index contributed by atoms with van der Waals surface area (Å²) >= 11 is 0. The van der Waals surface area contributed by atoms with Crippen molar-refractivity contribution < 1.29 is 4.79 Å². The lowest BCUT2D eigenvalue weighted by Gasteiger charge is -2.10. The summed E-state index contributed by atoms with van der Waals surface area (Å²) in [4.78, 5) is 40.8. The van der Waals surface area contributed by atoms with Gasteiger partial charge in [-0.3, -0.25) is 18.7 Å². The van der Waals surface area contributed by atoms with Gasteiger partial charge in [-0.2, -0.15) is 0 Å². The lowest BCUT2D eigenvalue weighted by molar-refractivity contribution is -0.116. The summed E-state index contributed by atoms with van der Waals surface area (Å²) in [5.41, 5.74) is 1.34. The van der Waals surface area contributed by atoms with E-state index in [1.165, 1.54) is 22.5 Å². The highest BCUT2D eigenvalue weighted by molar-refractivity contribution is 5.92. The van der Waals surface area contributed by atoms with Gasteiger partial charge in [0.15, 0.2) is 11.2 Å². The second kappa shape index (κ2) is 6.39. The number of imidazole rings is 1. The van der Waals surface area contributed by atoms with Gasteiger partial charge in [-0.05, 0) is 18.1 Å². The topological polar surface area (TPSA) is 90.9 Å². The largest absolute Gasteiger partial charge is 0.332 e. The summed E-state index contributed by atoms with van der Waals surface area (Å²) in [6, 6.07) is 7.56. The molecular formula is C17H19N5O3. The average Bonchev–Trinajstić information content (AvgIpc) is 3.02. The Morgan fingerprint density at radius 2 is 1.88 bits per heavy atom. The second-order valence-electron chi connectivity index (χ2n) is 5.81. The van der Waals surface area contributed by atoms with Crippen LogP contribution in [0.25, 0.3) is 11.2 Å². The first-order chi connectivity index (χ1) is 11.9. The number of hydrogen-bond acceptors (Lipinski definition) is 4. The quantitative estimate of drug-likeness (QED) is 0.754. The zero-order valence-corrected chi connectivity index (χ0v) is 14.3. The Morgan fingerprint density at radius 3 is 2.60 bits per heavy atom. The molecule has 130 valence electrons. The van der Waals surface area contributed by atoms with E-state index in [9.17, 15) is 14.4 Å². The molecule has 3 rings (SSSR count). The van der Waals surface area contributed by atoms with Crippen molar-refractivity contribution in [1.82, 2.24) is 18.7 Å². The SMILES string of the molecule is CCc1ccccc1NC(=O)Cn1cnc2c1c(=O)n(C)c(=O)n2C. The summed E-state index contributed by atoms with van der Waals surface area (Å²) in [6.45, 7) is 1.95. The van der Waals surface area contributed by atoms with Crippen LogP contribution in [0.1, 0.15) is 12.5 Å². The van der Waals surface area contributed by atoms with Gasteiger partial charge in [-0.1, -0.05) is 25.1 Å². The van der Waals surface area contributed by atoms with Gasteiger partial charge >= 0.3 is 5.69 Å². The molecule has 8 nitrogen and oxygen atoms in total. The number of benzene rings is 1. The number of nitrogens with zero attached hydrogens (tertiary/aromatic N) is 4. The molecule has 2 heterocycles. The van der Waals surface area contributed by atoms with Crippen molar-refractivity contribution in [3.63, 3.8) is 0 Å². The third-order valence-corrected chi connectivity index (χ3v) is 4.20. The highest BCUT2D eigenvalue weighted by atomic mass is 16.2. The molecule has 0 spiro atoms. The van der Waals surface area contributed by atoms with E-state index in [2.05, 4.69) is 10.3 Å². The molecule has 0 aliphatic heterocycles. The minimum absolute atomic E-state index is 0.0675. The highest BCUT2D eigenvalue weighted by Gasteiger charge is 2.16. The number of carbonyl (C=O) groups excluding carboxylic acids is 1. The molecule has 3 aromatic rings. The first kappa shape index (κ1) is 16.7. The minimum atomic E-state index is -0.475. The first-order valence-electron chi connectivity index (χ1n) is 7.92. The van der Waals surface area contributed by atoms with E-state index in [0.29, 0.717) is 0 Å². The van der Waals surface area contributed by atoms with Crippen LogP contribution in [-0.4, -0.2) is 24.6 Å². The van der Waals surface area contributed by atoms with Crippen LogP contribution in [0.3, 0.4) is 0 Å². The Balaban J connectivity index is 1.95. The van der Waals surface area contributed by atoms with Gasteiger partial charge in [0.2, 0.25) is 5.91 Å². The molecule has 2 aromatic heterocycles. The lowest BCUT2D eigenvalue weighted by atomic mass is 10.1. The minimum Gasteiger partial charge on any atom is -0.324 e. The van der Waals surface area contributed by atoms with Gasteiger partial charge in [-0.15, -0.1) is 0 Å². The van der Waals surface area contributed by atoms with Crippen LogP contribution in [0.5, 0.6) is 0 Å². The summed E-state index contributed by atoms with van der Waals surface area (Å²) in [7, 11) is 2.94. The smallest absolute Gasteiger partial charge is 0.324 e. The fraction of sp³-hybridized carbons (Fsp3) is 0.294. The third kappa shape index (κ3) is 2.86. The monoisotopic (exact) mass is 341 g/mol. The molecule has 0 unspecified atom stereocenters. The number of para-hydroxylation sites is 1. The van der Waals surface area contributed by atoms with Crippen molar-refractivity contribution in [2.75, 3.05) is 5.32 Å². The van der Waals surface area contributed by atoms with Crippen molar-refractivity contribution in [3.8, 4) is 0 Å². The summed E-state index contributed by atoms with van der Waals surface area (Å²) in [6.07, 6.45) is 2.20. The van der Waals surface area contributed by atoms with E-state index in [-0.39, 0.29) is 23.6 Å². The van der Waals surface area contributed by atoms with Crippen LogP contribution in [-0.2, 0) is 31.9 Å². The Morgan fingerprint density at radius 1 is 1.16 bits per heavy atom. The van der Waals surface area contributed by atoms with Crippen LogP contribution in [0.4, 0.5) is 5.69 Å². The number of anilines is 1. The Kier molecular flexibility index (Phi) is 4.26. The predicted molar refractivity (Wildman–Crippen MR) is 94.7 cm³/mol. The molecule has 0 saturated heterocycles. The highest BCUT2D eigenvalue weighted by Crippen LogP contribution is 2.15. The number of carbonyl (C=O) groups is 1. The summed E-state index contributed by atoms with van der Waals surface area (Å²) < 4.78 is 3.75. The number of fused-ring (bicyclic) bond motifs is 1. The Labute approximate surface area is 143 Å². The Hall–Kier alpha value is -3.16. The van der Waals surface area contributed by atoms with Gasteiger partial charge in [0.25, 0.3) is 5.56 Å². The molecule has 0 bridgehead atoms. The van der Waals surface area contributed by atoms with E-state index >= 15 is 0 Å². The van der Waals surface area contributed by atoms with Gasteiger partial charge < -0.3 is 9.88 Å². The maximum Gasteiger partial charge on any atom is 0.332 e. The van der Waals surface area contributed by atoms with E-state index in [1.807, 2.05) is 31.2 Å². The first-order valence-corrected chi connectivity index (χ1v) is 7.92. The van der Waals surface area contributed by atoms with Crippen LogP contribution in [0, 0.1) is 0 Å². The standard InChI is InChI=1S/C17H19N5O3/c1-4-11-7-5-6-8-12(11)19-13(23)9-22-10-18-15-14(22)16(24)21(3)17(25)20(15)2/h5-8,10H,4,9H2,1-3H3,(H,19,23). The van der Waals surface area contributed by atoms with Gasteiger partial charge in [0.05, 0.1) is 6.33 Å². The molecule has 1 amide bonds. The fourth-order valence-electron chi connectivity index (χ4n) is 2.81. The van der Waals surface area contributed by atoms with Gasteiger partial charge in [0, 0.05) is 19.8 Å². The molecule has 0 atom stereocenters. The van der Waals surface area contributed by atoms with Crippen molar-refractivity contribution in [1.29, 1.82) is 0 Å². The van der Waals surface area contributed by atoms with Crippen LogP contribution < -0.4 is 16.6 Å². The Bertz CT molecular complexity index is 1070. The van der Waals surface area contributed by atoms with Crippen LogP contribution in [0.15, 0.2) is 40.2 Å². The molecule has 0 fully saturated rings. The average molecular weight is 341 g/mol. The van der Waals surface area contributed by atoms with Crippen LogP contribution in [0.2, 0.25) is 0 Å². The molecule has 8 heteroatoms. The lowest BCUT2D eigenvalue weighted by Crippen LogP contribution is -2.37. The zero-order chi connectivity index (χ0) is 18.1. The zero-order valence-electron chi connectivity index (χ0n) is 14.3. The second-order valence-corrected chi connectivity index (χ2v) is 5.81. The molecule has 0 saturated carbocycles. The van der Waals surface area contributed by atoms with Crippen molar-refractivity contribution in [3.05, 3.63) is 57.0 Å². The summed E-state index contributed by atoms with van der Waals surface area (Å²) in [5.74, 6) is -0.267. The number of aryl methyl sites for hydroxylation is 2. The molecule has 1 aromatic carbocycles. The van der Waals surface area contributed by atoms with Crippen molar-refractivity contribution >= 4 is 22.8 Å². The molecule has 1 N–H and O–H groups in total. The van der Waals surface area contributed by atoms with E-state index in [0.717, 1.165) is 22.2 Å². The van der Waals surface area contributed by atoms with E-state index in [1.54, 1.807) is 7.05 Å². The maximum atomic E-state index is 12.4. The summed E-state index contributed by atoms with van der Waals surface area (Å²) in [5, 5.41) is 2.86. The van der Waals surface area contributed by atoms with Crippen molar-refractivity contribution in [2.24, 2.45) is 14.1 Å². The molecule has 0 aliphatic rings. The van der Waals surface area contributed by atoms with Gasteiger partial charge in [-0.25, -0.2) is 9.78 Å². The fourth-order valence-corrected chi connectivity index (χ4v) is 2.81. The number of hydrogen-bond donors (Lipinski definition) is 1. The molecular weight excluding hydrogens is 322 g/mol. The van der Waals surface area contributed by atoms with E-state index in [4.69, 9.17) is 0 Å². The van der Waals surface area contributed by atoms with Crippen molar-refractivity contribution in [2.45, 2.75) is 19.9 Å². The molecule has 0 aliphatic carbocycles. The number of rotatable bonds is 4. The molecule has 0 radical (unpaired) electrons. The van der Waals surface area contributed by atoms with Crippen LogP contribution >= 0.6 is 0 Å². The third-order valence-electron chi connectivity index (χ3n) is 4.20. The number of nitrogens with one attached hydrogen (secondary N) is 1. The maximum absolute atomic E-state index is 12.4. The predicted octanol–water partition coefficient (Wildman–Crippen LogP) is 0.635. The van der Waals surface area contributed by atoms with Gasteiger partial charge in [0.1, 0.15) is 6.54 Å². The van der Waals surface area contributed by atoms with E-state index < -0.39 is 11.2 Å². The number of amides is 1. The normalized spacial score (nSPS) is 11.0. The number of aromatic nitrogens is 4. The molecule has 25 heavy (non-hydrogen) atoms.